The summed E-state index contributed by atoms with van der Waals surface area (Å²) in [5.41, 5.74) is 1.48. The zero-order valence-electron chi connectivity index (χ0n) is 12.9. The number of nitrogens with one attached hydrogen (secondary N) is 2. The Bertz CT molecular complexity index is 594. The zero-order chi connectivity index (χ0) is 15.8. The molecule has 1 heterocycles. The van der Waals surface area contributed by atoms with Gasteiger partial charge in [-0.05, 0) is 49.7 Å². The fourth-order valence-electron chi connectivity index (χ4n) is 1.89. The van der Waals surface area contributed by atoms with Crippen molar-refractivity contribution >= 4 is 17.4 Å². The summed E-state index contributed by atoms with van der Waals surface area (Å²) >= 11 is 0. The minimum absolute atomic E-state index is 0.0954. The van der Waals surface area contributed by atoms with E-state index in [1.807, 2.05) is 38.1 Å². The van der Waals surface area contributed by atoms with Crippen molar-refractivity contribution in [1.29, 1.82) is 0 Å². The molecule has 1 aromatic carbocycles. The van der Waals surface area contributed by atoms with Gasteiger partial charge in [0.05, 0.1) is 12.2 Å². The smallest absolute Gasteiger partial charge is 0.252 e. The maximum absolute atomic E-state index is 11.8. The summed E-state index contributed by atoms with van der Waals surface area (Å²) < 4.78 is 5.40. The predicted molar refractivity (Wildman–Crippen MR) is 87.8 cm³/mol. The Hall–Kier alpha value is -2.56. The van der Waals surface area contributed by atoms with Gasteiger partial charge < -0.3 is 15.4 Å². The number of pyridine rings is 1. The van der Waals surface area contributed by atoms with Crippen molar-refractivity contribution in [1.82, 2.24) is 10.3 Å². The molecular formula is C17H21N3O2. The van der Waals surface area contributed by atoms with Gasteiger partial charge in [-0.25, -0.2) is 4.98 Å². The van der Waals surface area contributed by atoms with E-state index in [0.29, 0.717) is 24.5 Å². The van der Waals surface area contributed by atoms with Gasteiger partial charge in [0, 0.05) is 18.4 Å². The molecule has 5 heteroatoms. The summed E-state index contributed by atoms with van der Waals surface area (Å²) in [4.78, 5) is 16.0. The van der Waals surface area contributed by atoms with Crippen LogP contribution in [0.25, 0.3) is 0 Å². The van der Waals surface area contributed by atoms with E-state index in [9.17, 15) is 4.79 Å². The van der Waals surface area contributed by atoms with E-state index in [4.69, 9.17) is 4.74 Å². The second-order valence-electron chi connectivity index (χ2n) is 4.77. The Kier molecular flexibility index (Phi) is 5.77. The van der Waals surface area contributed by atoms with Crippen LogP contribution in [-0.4, -0.2) is 24.0 Å². The van der Waals surface area contributed by atoms with Crippen molar-refractivity contribution in [2.45, 2.75) is 20.3 Å². The van der Waals surface area contributed by atoms with Gasteiger partial charge in [-0.15, -0.1) is 0 Å². The van der Waals surface area contributed by atoms with Gasteiger partial charge in [0.2, 0.25) is 0 Å². The predicted octanol–water partition coefficient (Wildman–Crippen LogP) is 3.36. The highest BCUT2D eigenvalue weighted by molar-refractivity contribution is 5.94. The molecule has 0 atom stereocenters. The van der Waals surface area contributed by atoms with Gasteiger partial charge in [0.25, 0.3) is 5.91 Å². The van der Waals surface area contributed by atoms with Gasteiger partial charge >= 0.3 is 0 Å². The lowest BCUT2D eigenvalue weighted by Crippen LogP contribution is -2.24. The molecule has 1 amide bonds. The molecule has 2 rings (SSSR count). The number of nitrogens with zero attached hydrogens (tertiary/aromatic N) is 1. The Labute approximate surface area is 130 Å². The summed E-state index contributed by atoms with van der Waals surface area (Å²) in [6.07, 6.45) is 2.48. The molecule has 0 aliphatic rings. The van der Waals surface area contributed by atoms with Gasteiger partial charge in [-0.3, -0.25) is 4.79 Å². The first kappa shape index (κ1) is 15.8. The summed E-state index contributed by atoms with van der Waals surface area (Å²) in [5, 5.41) is 6.01. The molecule has 2 aromatic rings. The standard InChI is InChI=1S/C17H21N3O2/c1-3-11-18-17(21)13-5-10-16(19-12-13)20-14-6-8-15(9-7-14)22-4-2/h5-10,12H,3-4,11H2,1-2H3,(H,18,21)(H,19,20). The molecule has 0 spiro atoms. The van der Waals surface area contributed by atoms with Crippen LogP contribution in [0.5, 0.6) is 5.75 Å². The van der Waals surface area contributed by atoms with Crippen molar-refractivity contribution in [3.63, 3.8) is 0 Å². The average molecular weight is 299 g/mol. The summed E-state index contributed by atoms with van der Waals surface area (Å²) in [6, 6.07) is 11.2. The van der Waals surface area contributed by atoms with Crippen molar-refractivity contribution in [3.05, 3.63) is 48.2 Å². The summed E-state index contributed by atoms with van der Waals surface area (Å²) in [6.45, 7) is 5.29. The molecule has 0 aliphatic carbocycles. The maximum atomic E-state index is 11.8. The molecule has 0 saturated carbocycles. The molecule has 0 saturated heterocycles. The SMILES string of the molecule is CCCNC(=O)c1ccc(Nc2ccc(OCC)cc2)nc1. The van der Waals surface area contributed by atoms with Gasteiger partial charge in [-0.2, -0.15) is 0 Å². The van der Waals surface area contributed by atoms with Crippen LogP contribution in [0.15, 0.2) is 42.6 Å². The Morgan fingerprint density at radius 2 is 1.91 bits per heavy atom. The summed E-state index contributed by atoms with van der Waals surface area (Å²) in [7, 11) is 0. The molecule has 22 heavy (non-hydrogen) atoms. The third kappa shape index (κ3) is 4.48. The molecule has 0 fully saturated rings. The Morgan fingerprint density at radius 3 is 2.50 bits per heavy atom. The molecule has 2 N–H and O–H groups in total. The van der Waals surface area contributed by atoms with Crippen molar-refractivity contribution in [3.8, 4) is 5.75 Å². The van der Waals surface area contributed by atoms with Crippen LogP contribution < -0.4 is 15.4 Å². The first-order valence-corrected chi connectivity index (χ1v) is 7.47. The molecule has 5 nitrogen and oxygen atoms in total. The van der Waals surface area contributed by atoms with Crippen LogP contribution in [0.1, 0.15) is 30.6 Å². The monoisotopic (exact) mass is 299 g/mol. The number of amides is 1. The van der Waals surface area contributed by atoms with E-state index >= 15 is 0 Å². The van der Waals surface area contributed by atoms with Crippen molar-refractivity contribution < 1.29 is 9.53 Å². The molecule has 0 bridgehead atoms. The maximum Gasteiger partial charge on any atom is 0.252 e. The van der Waals surface area contributed by atoms with E-state index in [-0.39, 0.29) is 5.91 Å². The largest absolute Gasteiger partial charge is 0.494 e. The van der Waals surface area contributed by atoms with Crippen LogP contribution in [0.2, 0.25) is 0 Å². The highest BCUT2D eigenvalue weighted by Crippen LogP contribution is 2.19. The normalized spacial score (nSPS) is 10.1. The highest BCUT2D eigenvalue weighted by atomic mass is 16.5. The molecular weight excluding hydrogens is 278 g/mol. The lowest BCUT2D eigenvalue weighted by molar-refractivity contribution is 0.0953. The first-order chi connectivity index (χ1) is 10.7. The molecule has 0 aliphatic heterocycles. The van der Waals surface area contributed by atoms with Crippen LogP contribution >= 0.6 is 0 Å². The molecule has 116 valence electrons. The van der Waals surface area contributed by atoms with Crippen molar-refractivity contribution in [2.75, 3.05) is 18.5 Å². The number of anilines is 2. The number of benzene rings is 1. The highest BCUT2D eigenvalue weighted by Gasteiger charge is 2.05. The number of carbonyl (C=O) groups excluding carboxylic acids is 1. The van der Waals surface area contributed by atoms with Gasteiger partial charge in [-0.1, -0.05) is 6.92 Å². The number of rotatable bonds is 7. The second kappa shape index (κ2) is 8.02. The van der Waals surface area contributed by atoms with Crippen LogP contribution in [0.3, 0.4) is 0 Å². The second-order valence-corrected chi connectivity index (χ2v) is 4.77. The number of hydrogen-bond acceptors (Lipinski definition) is 4. The van der Waals surface area contributed by atoms with E-state index < -0.39 is 0 Å². The number of aromatic nitrogens is 1. The van der Waals surface area contributed by atoms with Gasteiger partial charge in [0.15, 0.2) is 0 Å². The van der Waals surface area contributed by atoms with Crippen LogP contribution in [0, 0.1) is 0 Å². The molecule has 1 aromatic heterocycles. The third-order valence-electron chi connectivity index (χ3n) is 3.00. The van der Waals surface area contributed by atoms with E-state index in [2.05, 4.69) is 15.6 Å². The third-order valence-corrected chi connectivity index (χ3v) is 3.00. The van der Waals surface area contributed by atoms with E-state index in [0.717, 1.165) is 17.9 Å². The fourth-order valence-corrected chi connectivity index (χ4v) is 1.89. The Balaban J connectivity index is 1.97. The van der Waals surface area contributed by atoms with Crippen LogP contribution in [0.4, 0.5) is 11.5 Å². The average Bonchev–Trinajstić information content (AvgIpc) is 2.55. The number of carbonyl (C=O) groups is 1. The van der Waals surface area contributed by atoms with Crippen molar-refractivity contribution in [2.24, 2.45) is 0 Å². The zero-order valence-corrected chi connectivity index (χ0v) is 12.9. The Morgan fingerprint density at radius 1 is 1.14 bits per heavy atom. The number of ether oxygens (including phenoxy) is 1. The van der Waals surface area contributed by atoms with Gasteiger partial charge in [0.1, 0.15) is 11.6 Å². The summed E-state index contributed by atoms with van der Waals surface area (Å²) in [5.74, 6) is 1.43. The minimum Gasteiger partial charge on any atom is -0.494 e. The number of hydrogen-bond donors (Lipinski definition) is 2. The van der Waals surface area contributed by atoms with E-state index in [1.54, 1.807) is 18.3 Å². The topological polar surface area (TPSA) is 63.2 Å². The molecule has 0 radical (unpaired) electrons. The van der Waals surface area contributed by atoms with Crippen LogP contribution in [-0.2, 0) is 0 Å². The van der Waals surface area contributed by atoms with E-state index in [1.165, 1.54) is 0 Å². The molecule has 0 unspecified atom stereocenters. The lowest BCUT2D eigenvalue weighted by Gasteiger charge is -2.08. The lowest BCUT2D eigenvalue weighted by atomic mass is 10.2. The fraction of sp³-hybridized carbons (Fsp3) is 0.294. The quantitative estimate of drug-likeness (QED) is 0.823. The first-order valence-electron chi connectivity index (χ1n) is 7.47. The minimum atomic E-state index is -0.0954.